The molecule has 0 N–H and O–H groups in total. The third-order valence-corrected chi connectivity index (χ3v) is 7.47. The summed E-state index contributed by atoms with van der Waals surface area (Å²) in [6.07, 6.45) is 0. The zero-order valence-electron chi connectivity index (χ0n) is 22.3. The number of carbonyl (C=O) groups excluding carboxylic acids is 1. The van der Waals surface area contributed by atoms with E-state index in [1.165, 1.54) is 5.56 Å². The highest BCUT2D eigenvalue weighted by atomic mass is 31.1. The van der Waals surface area contributed by atoms with E-state index in [1.807, 2.05) is 92.7 Å². The van der Waals surface area contributed by atoms with Gasteiger partial charge in [0.25, 0.3) is 0 Å². The van der Waals surface area contributed by atoms with Gasteiger partial charge in [-0.2, -0.15) is 0 Å². The second-order valence-electron chi connectivity index (χ2n) is 10.4. The summed E-state index contributed by atoms with van der Waals surface area (Å²) in [5.41, 5.74) is 6.43. The Morgan fingerprint density at radius 2 is 1.27 bits per heavy atom. The van der Waals surface area contributed by atoms with Gasteiger partial charge in [0.05, 0.1) is 0 Å². The third kappa shape index (κ3) is 7.08. The first-order chi connectivity index (χ1) is 17.7. The Labute approximate surface area is 222 Å². The molecule has 0 spiro atoms. The lowest BCUT2D eigenvalue weighted by Gasteiger charge is -2.22. The molecule has 0 bridgehead atoms. The minimum Gasteiger partial charge on any atom is -0.489 e. The van der Waals surface area contributed by atoms with Crippen molar-refractivity contribution in [3.05, 3.63) is 124 Å². The SMILES string of the molecule is Cc1cc(C(C)(C)C)cc(C)c1C(=O)Pc1ccc(OCc2ccccc2)cc1OCc1ccccc1. The molecule has 3 nitrogen and oxygen atoms in total. The fourth-order valence-corrected chi connectivity index (χ4v) is 5.43. The normalized spacial score (nSPS) is 11.6. The molecule has 0 fully saturated rings. The highest BCUT2D eigenvalue weighted by Gasteiger charge is 2.21. The van der Waals surface area contributed by atoms with Gasteiger partial charge in [0, 0.05) is 16.9 Å². The lowest BCUT2D eigenvalue weighted by molar-refractivity contribution is 0.108. The van der Waals surface area contributed by atoms with Crippen LogP contribution in [0.5, 0.6) is 11.5 Å². The second kappa shape index (κ2) is 11.8. The Bertz CT molecular complexity index is 1330. The molecule has 0 aliphatic carbocycles. The average Bonchev–Trinajstić information content (AvgIpc) is 2.87. The van der Waals surface area contributed by atoms with Crippen LogP contribution in [0.4, 0.5) is 0 Å². The van der Waals surface area contributed by atoms with Gasteiger partial charge >= 0.3 is 0 Å². The Kier molecular flexibility index (Phi) is 8.46. The number of rotatable bonds is 9. The van der Waals surface area contributed by atoms with Gasteiger partial charge < -0.3 is 9.47 Å². The topological polar surface area (TPSA) is 35.5 Å². The lowest BCUT2D eigenvalue weighted by Crippen LogP contribution is -2.14. The van der Waals surface area contributed by atoms with Gasteiger partial charge in [-0.05, 0) is 67.8 Å². The van der Waals surface area contributed by atoms with Gasteiger partial charge in [-0.15, -0.1) is 0 Å². The summed E-state index contributed by atoms with van der Waals surface area (Å²) >= 11 is 0. The summed E-state index contributed by atoms with van der Waals surface area (Å²) in [4.78, 5) is 13.6. The van der Waals surface area contributed by atoms with Crippen LogP contribution in [0.1, 0.15) is 58.9 Å². The molecule has 0 amide bonds. The maximum Gasteiger partial charge on any atom is 0.186 e. The van der Waals surface area contributed by atoms with E-state index in [0.29, 0.717) is 19.0 Å². The Hall–Kier alpha value is -3.42. The highest BCUT2D eigenvalue weighted by molar-refractivity contribution is 7.66. The van der Waals surface area contributed by atoms with Gasteiger partial charge in [0.15, 0.2) is 5.52 Å². The molecule has 0 saturated heterocycles. The third-order valence-electron chi connectivity index (χ3n) is 6.31. The van der Waals surface area contributed by atoms with Gasteiger partial charge in [0.2, 0.25) is 0 Å². The van der Waals surface area contributed by atoms with Crippen molar-refractivity contribution >= 4 is 19.4 Å². The second-order valence-corrected chi connectivity index (χ2v) is 11.6. The maximum absolute atomic E-state index is 13.6. The Morgan fingerprint density at radius 3 is 1.81 bits per heavy atom. The van der Waals surface area contributed by atoms with Gasteiger partial charge in [-0.25, -0.2) is 0 Å². The summed E-state index contributed by atoms with van der Waals surface area (Å²) in [7, 11) is -0.0499. The number of ether oxygens (including phenoxy) is 2. The molecule has 0 aliphatic rings. The van der Waals surface area contributed by atoms with Gasteiger partial charge in [-0.1, -0.05) is 93.6 Å². The van der Waals surface area contributed by atoms with Gasteiger partial charge in [0.1, 0.15) is 24.7 Å². The number of hydrogen-bond acceptors (Lipinski definition) is 3. The first-order valence-electron chi connectivity index (χ1n) is 12.6. The molecule has 0 aliphatic heterocycles. The Morgan fingerprint density at radius 1 is 0.730 bits per heavy atom. The van der Waals surface area contributed by atoms with Crippen LogP contribution >= 0.6 is 8.58 Å². The van der Waals surface area contributed by atoms with Gasteiger partial charge in [-0.3, -0.25) is 4.79 Å². The molecule has 1 atom stereocenters. The summed E-state index contributed by atoms with van der Waals surface area (Å²) in [5.74, 6) is 1.40. The molecule has 37 heavy (non-hydrogen) atoms. The van der Waals surface area contributed by atoms with E-state index >= 15 is 0 Å². The van der Waals surface area contributed by atoms with Crippen molar-refractivity contribution < 1.29 is 14.3 Å². The van der Waals surface area contributed by atoms with E-state index in [0.717, 1.165) is 38.9 Å². The predicted octanol–water partition coefficient (Wildman–Crippen LogP) is 7.90. The van der Waals surface area contributed by atoms with E-state index in [2.05, 4.69) is 32.9 Å². The van der Waals surface area contributed by atoms with Crippen molar-refractivity contribution in [1.82, 2.24) is 0 Å². The van der Waals surface area contributed by atoms with E-state index in [4.69, 9.17) is 9.47 Å². The van der Waals surface area contributed by atoms with Crippen LogP contribution < -0.4 is 14.8 Å². The molecule has 0 heterocycles. The smallest absolute Gasteiger partial charge is 0.186 e. The predicted molar refractivity (Wildman–Crippen MR) is 155 cm³/mol. The molecule has 4 aromatic carbocycles. The number of aryl methyl sites for hydroxylation is 2. The molecule has 0 radical (unpaired) electrons. The van der Waals surface area contributed by atoms with E-state index in [1.54, 1.807) is 0 Å². The molecule has 0 saturated carbocycles. The molecule has 0 aromatic heterocycles. The van der Waals surface area contributed by atoms with Crippen molar-refractivity contribution in [3.63, 3.8) is 0 Å². The summed E-state index contributed by atoms with van der Waals surface area (Å²) in [6, 6.07) is 30.2. The Balaban J connectivity index is 1.58. The van der Waals surface area contributed by atoms with Crippen LogP contribution in [0.25, 0.3) is 0 Å². The molecular formula is C33H35O3P. The van der Waals surface area contributed by atoms with Crippen LogP contribution in [-0.2, 0) is 18.6 Å². The maximum atomic E-state index is 13.6. The van der Waals surface area contributed by atoms with Crippen LogP contribution in [0, 0.1) is 13.8 Å². The molecule has 4 heteroatoms. The molecule has 1 unspecified atom stereocenters. The zero-order chi connectivity index (χ0) is 26.4. The molecule has 4 aromatic rings. The minimum atomic E-state index is -0.0499. The largest absolute Gasteiger partial charge is 0.489 e. The van der Waals surface area contributed by atoms with Crippen molar-refractivity contribution in [2.45, 2.75) is 53.2 Å². The summed E-state index contributed by atoms with van der Waals surface area (Å²) in [5, 5.41) is 0.881. The molecule has 4 rings (SSSR count). The van der Waals surface area contributed by atoms with Crippen molar-refractivity contribution in [2.24, 2.45) is 0 Å². The quantitative estimate of drug-likeness (QED) is 0.215. The minimum absolute atomic E-state index is 0.0351. The number of carbonyl (C=O) groups is 1. The van der Waals surface area contributed by atoms with Crippen molar-refractivity contribution in [1.29, 1.82) is 0 Å². The standard InChI is InChI=1S/C33H35O3P/c1-23-18-27(33(3,4)5)19-24(2)31(23)32(34)37-30-17-16-28(35-21-25-12-8-6-9-13-25)20-29(30)36-22-26-14-10-7-11-15-26/h6-20,37H,21-22H2,1-5H3. The average molecular weight is 511 g/mol. The molecule has 190 valence electrons. The van der Waals surface area contributed by atoms with Crippen molar-refractivity contribution in [2.75, 3.05) is 0 Å². The fourth-order valence-electron chi connectivity index (χ4n) is 4.23. The number of hydrogen-bond donors (Lipinski definition) is 0. The van der Waals surface area contributed by atoms with E-state index < -0.39 is 0 Å². The monoisotopic (exact) mass is 510 g/mol. The number of benzene rings is 4. The molecular weight excluding hydrogens is 475 g/mol. The van der Waals surface area contributed by atoms with Crippen LogP contribution in [0.15, 0.2) is 91.0 Å². The van der Waals surface area contributed by atoms with E-state index in [9.17, 15) is 4.79 Å². The van der Waals surface area contributed by atoms with Crippen molar-refractivity contribution in [3.8, 4) is 11.5 Å². The van der Waals surface area contributed by atoms with E-state index in [-0.39, 0.29) is 19.5 Å². The first kappa shape index (κ1) is 26.6. The lowest BCUT2D eigenvalue weighted by atomic mass is 9.84. The van der Waals surface area contributed by atoms with Crippen LogP contribution in [0.2, 0.25) is 0 Å². The van der Waals surface area contributed by atoms with Crippen LogP contribution in [-0.4, -0.2) is 5.52 Å². The van der Waals surface area contributed by atoms with Crippen LogP contribution in [0.3, 0.4) is 0 Å². The summed E-state index contributed by atoms with van der Waals surface area (Å²) in [6.45, 7) is 11.6. The summed E-state index contributed by atoms with van der Waals surface area (Å²) < 4.78 is 12.3. The highest BCUT2D eigenvalue weighted by Crippen LogP contribution is 2.33. The zero-order valence-corrected chi connectivity index (χ0v) is 23.3. The fraction of sp³-hybridized carbons (Fsp3) is 0.242. The first-order valence-corrected chi connectivity index (χ1v) is 13.6.